The molecule has 0 spiro atoms. The molecule has 1 rings (SSSR count). The van der Waals surface area contributed by atoms with E-state index in [0.717, 1.165) is 5.56 Å². The van der Waals surface area contributed by atoms with Gasteiger partial charge in [-0.3, -0.25) is 0 Å². The first-order valence-electron chi connectivity index (χ1n) is 8.20. The lowest BCUT2D eigenvalue weighted by molar-refractivity contribution is 0.135. The summed E-state index contributed by atoms with van der Waals surface area (Å²) >= 11 is 0. The molecule has 0 aliphatic carbocycles. The van der Waals surface area contributed by atoms with Crippen LogP contribution < -0.4 is 5.32 Å². The van der Waals surface area contributed by atoms with Crippen molar-refractivity contribution in [3.63, 3.8) is 0 Å². The third kappa shape index (κ3) is 6.61. The summed E-state index contributed by atoms with van der Waals surface area (Å²) in [7, 11) is 0. The van der Waals surface area contributed by atoms with Gasteiger partial charge in [0.25, 0.3) is 0 Å². The van der Waals surface area contributed by atoms with E-state index in [-0.39, 0.29) is 24.0 Å². The molecule has 1 amide bonds. The Labute approximate surface area is 140 Å². The van der Waals surface area contributed by atoms with Crippen molar-refractivity contribution < 1.29 is 14.6 Å². The second-order valence-electron chi connectivity index (χ2n) is 7.99. The standard InChI is InChI=1S/C19H31NO3/c1-18(2,3)15-10-14(11-16(12-15)19(4,5)6)13-20-17(22)23-9-7-8-21/h10-12,21H,7-9,13H2,1-6H3,(H,20,22). The second-order valence-corrected chi connectivity index (χ2v) is 7.99. The van der Waals surface area contributed by atoms with E-state index in [1.165, 1.54) is 11.1 Å². The van der Waals surface area contributed by atoms with Crippen molar-refractivity contribution in [1.29, 1.82) is 0 Å². The molecule has 1 aromatic carbocycles. The van der Waals surface area contributed by atoms with E-state index in [1.54, 1.807) is 0 Å². The van der Waals surface area contributed by atoms with Crippen LogP contribution in [0.3, 0.4) is 0 Å². The molecule has 0 aliphatic heterocycles. The van der Waals surface area contributed by atoms with Crippen molar-refractivity contribution in [3.8, 4) is 0 Å². The zero-order valence-electron chi connectivity index (χ0n) is 15.3. The summed E-state index contributed by atoms with van der Waals surface area (Å²) in [5, 5.41) is 11.5. The van der Waals surface area contributed by atoms with E-state index in [0.29, 0.717) is 13.0 Å². The van der Waals surface area contributed by atoms with Crippen molar-refractivity contribution in [3.05, 3.63) is 34.9 Å². The monoisotopic (exact) mass is 321 g/mol. The van der Waals surface area contributed by atoms with Crippen LogP contribution in [0.4, 0.5) is 4.79 Å². The van der Waals surface area contributed by atoms with Gasteiger partial charge in [0.1, 0.15) is 0 Å². The van der Waals surface area contributed by atoms with E-state index in [1.807, 2.05) is 0 Å². The zero-order chi connectivity index (χ0) is 17.7. The number of nitrogens with one attached hydrogen (secondary N) is 1. The highest BCUT2D eigenvalue weighted by molar-refractivity contribution is 5.67. The Bertz CT molecular complexity index is 492. The number of hydrogen-bond acceptors (Lipinski definition) is 3. The highest BCUT2D eigenvalue weighted by atomic mass is 16.5. The quantitative estimate of drug-likeness (QED) is 0.809. The van der Waals surface area contributed by atoms with Gasteiger partial charge < -0.3 is 15.2 Å². The van der Waals surface area contributed by atoms with Gasteiger partial charge >= 0.3 is 6.09 Å². The van der Waals surface area contributed by atoms with Crippen molar-refractivity contribution in [2.24, 2.45) is 0 Å². The normalized spacial score (nSPS) is 12.1. The fraction of sp³-hybridized carbons (Fsp3) is 0.632. The Kier molecular flexibility index (Phi) is 6.63. The lowest BCUT2D eigenvalue weighted by Gasteiger charge is -2.26. The highest BCUT2D eigenvalue weighted by Gasteiger charge is 2.20. The van der Waals surface area contributed by atoms with Gasteiger partial charge in [-0.1, -0.05) is 59.7 Å². The summed E-state index contributed by atoms with van der Waals surface area (Å²) in [6.45, 7) is 13.8. The summed E-state index contributed by atoms with van der Waals surface area (Å²) in [6.07, 6.45) is 0.0121. The maximum atomic E-state index is 11.6. The Morgan fingerprint density at radius 1 is 1.04 bits per heavy atom. The van der Waals surface area contributed by atoms with Crippen molar-refractivity contribution in [1.82, 2.24) is 5.32 Å². The van der Waals surface area contributed by atoms with Gasteiger partial charge in [0.15, 0.2) is 0 Å². The molecule has 130 valence electrons. The van der Waals surface area contributed by atoms with E-state index < -0.39 is 6.09 Å². The molecule has 0 radical (unpaired) electrons. The summed E-state index contributed by atoms with van der Waals surface area (Å²) in [6, 6.07) is 6.54. The van der Waals surface area contributed by atoms with Gasteiger partial charge in [0.05, 0.1) is 6.61 Å². The zero-order valence-corrected chi connectivity index (χ0v) is 15.3. The molecule has 0 bridgehead atoms. The summed E-state index contributed by atoms with van der Waals surface area (Å²) in [5.41, 5.74) is 3.70. The van der Waals surface area contributed by atoms with Crippen LogP contribution in [0.2, 0.25) is 0 Å². The number of amides is 1. The molecular formula is C19H31NO3. The van der Waals surface area contributed by atoms with Crippen molar-refractivity contribution >= 4 is 6.09 Å². The Hall–Kier alpha value is -1.55. The van der Waals surface area contributed by atoms with Crippen LogP contribution in [0.15, 0.2) is 18.2 Å². The number of aliphatic hydroxyl groups excluding tert-OH is 1. The van der Waals surface area contributed by atoms with Crippen LogP contribution in [-0.2, 0) is 22.1 Å². The third-order valence-electron chi connectivity index (χ3n) is 3.70. The van der Waals surface area contributed by atoms with Gasteiger partial charge in [-0.15, -0.1) is 0 Å². The minimum absolute atomic E-state index is 0.0237. The molecule has 0 heterocycles. The van der Waals surface area contributed by atoms with Crippen LogP contribution in [0.1, 0.15) is 64.7 Å². The maximum absolute atomic E-state index is 11.6. The van der Waals surface area contributed by atoms with Crippen LogP contribution in [-0.4, -0.2) is 24.4 Å². The Balaban J connectivity index is 2.87. The van der Waals surface area contributed by atoms with Gasteiger partial charge in [-0.25, -0.2) is 4.79 Å². The number of benzene rings is 1. The second kappa shape index (κ2) is 7.82. The minimum atomic E-state index is -0.447. The summed E-state index contributed by atoms with van der Waals surface area (Å²) in [4.78, 5) is 11.6. The van der Waals surface area contributed by atoms with Crippen LogP contribution in [0.5, 0.6) is 0 Å². The number of aliphatic hydroxyl groups is 1. The number of carbonyl (C=O) groups is 1. The van der Waals surface area contributed by atoms with Gasteiger partial charge in [0.2, 0.25) is 0 Å². The molecule has 0 aliphatic rings. The number of alkyl carbamates (subject to hydrolysis) is 1. The average molecular weight is 321 g/mol. The summed E-state index contributed by atoms with van der Waals surface area (Å²) in [5.74, 6) is 0. The molecule has 4 nitrogen and oxygen atoms in total. The predicted molar refractivity (Wildman–Crippen MR) is 93.7 cm³/mol. The smallest absolute Gasteiger partial charge is 0.407 e. The predicted octanol–water partition coefficient (Wildman–Crippen LogP) is 3.89. The molecule has 2 N–H and O–H groups in total. The van der Waals surface area contributed by atoms with E-state index in [2.05, 4.69) is 65.1 Å². The fourth-order valence-electron chi connectivity index (χ4n) is 2.11. The lowest BCUT2D eigenvalue weighted by Crippen LogP contribution is -2.25. The Morgan fingerprint density at radius 3 is 2.00 bits per heavy atom. The first-order chi connectivity index (χ1) is 10.5. The molecule has 0 unspecified atom stereocenters. The maximum Gasteiger partial charge on any atom is 0.407 e. The largest absolute Gasteiger partial charge is 0.449 e. The number of hydrogen-bond donors (Lipinski definition) is 2. The van der Waals surface area contributed by atoms with Crippen molar-refractivity contribution in [2.45, 2.75) is 65.3 Å². The average Bonchev–Trinajstić information content (AvgIpc) is 2.43. The molecule has 0 aromatic heterocycles. The van der Waals surface area contributed by atoms with Gasteiger partial charge in [0, 0.05) is 19.6 Å². The van der Waals surface area contributed by atoms with Crippen LogP contribution in [0.25, 0.3) is 0 Å². The van der Waals surface area contributed by atoms with E-state index in [4.69, 9.17) is 9.84 Å². The van der Waals surface area contributed by atoms with Gasteiger partial charge in [-0.05, 0) is 27.5 Å². The third-order valence-corrected chi connectivity index (χ3v) is 3.70. The molecule has 0 saturated carbocycles. The van der Waals surface area contributed by atoms with Crippen LogP contribution in [0, 0.1) is 0 Å². The first kappa shape index (κ1) is 19.5. The topological polar surface area (TPSA) is 58.6 Å². The molecule has 0 saturated heterocycles. The molecule has 0 fully saturated rings. The number of ether oxygens (including phenoxy) is 1. The highest BCUT2D eigenvalue weighted by Crippen LogP contribution is 2.30. The van der Waals surface area contributed by atoms with Crippen LogP contribution >= 0.6 is 0 Å². The molecule has 4 heteroatoms. The van der Waals surface area contributed by atoms with Crippen molar-refractivity contribution in [2.75, 3.05) is 13.2 Å². The minimum Gasteiger partial charge on any atom is -0.449 e. The molecule has 23 heavy (non-hydrogen) atoms. The van der Waals surface area contributed by atoms with E-state index in [9.17, 15) is 4.79 Å². The number of rotatable bonds is 5. The summed E-state index contributed by atoms with van der Waals surface area (Å²) < 4.78 is 4.99. The first-order valence-corrected chi connectivity index (χ1v) is 8.20. The molecular weight excluding hydrogens is 290 g/mol. The lowest BCUT2D eigenvalue weighted by atomic mass is 9.79. The number of carbonyl (C=O) groups excluding carboxylic acids is 1. The Morgan fingerprint density at radius 2 is 1.57 bits per heavy atom. The van der Waals surface area contributed by atoms with Gasteiger partial charge in [-0.2, -0.15) is 0 Å². The molecule has 0 atom stereocenters. The fourth-order valence-corrected chi connectivity index (χ4v) is 2.11. The SMILES string of the molecule is CC(C)(C)c1cc(CNC(=O)OCCCO)cc(C(C)(C)C)c1. The van der Waals surface area contributed by atoms with E-state index >= 15 is 0 Å². The molecule has 1 aromatic rings.